The van der Waals surface area contributed by atoms with Crippen molar-refractivity contribution in [2.45, 2.75) is 63.6 Å². The molecule has 1 aromatic rings. The highest BCUT2D eigenvalue weighted by Crippen LogP contribution is 2.30. The minimum absolute atomic E-state index is 0.136. The van der Waals surface area contributed by atoms with Gasteiger partial charge in [0.2, 0.25) is 18.2 Å². The number of nitrogens with one attached hydrogen (secondary N) is 2. The van der Waals surface area contributed by atoms with Gasteiger partial charge >= 0.3 is 0 Å². The fourth-order valence-corrected chi connectivity index (χ4v) is 3.13. The Morgan fingerprint density at radius 1 is 1.07 bits per heavy atom. The highest BCUT2D eigenvalue weighted by Gasteiger charge is 2.31. The quantitative estimate of drug-likeness (QED) is 0.302. The molecule has 0 spiro atoms. The van der Waals surface area contributed by atoms with E-state index in [1.54, 1.807) is 12.6 Å². The van der Waals surface area contributed by atoms with Crippen molar-refractivity contribution >= 4 is 11.8 Å². The van der Waals surface area contributed by atoms with Crippen LogP contribution < -0.4 is 10.8 Å². The van der Waals surface area contributed by atoms with Crippen LogP contribution >= 0.6 is 0 Å². The molecule has 156 valence electrons. The van der Waals surface area contributed by atoms with Crippen LogP contribution in [-0.2, 0) is 23.8 Å². The molecule has 1 aliphatic rings. The number of amides is 2. The van der Waals surface area contributed by atoms with Crippen molar-refractivity contribution in [2.75, 3.05) is 13.7 Å². The summed E-state index contributed by atoms with van der Waals surface area (Å²) in [7, 11) is 1.62. The standard InChI is InChI=1S/C20H30N2O6/c1-26-14-16-13-17(15-9-5-4-6-10-15)28-20(27-16)21-18(23)11-7-2-3-8-12-19(24)22-25/h4-6,9-10,16-17,20,25H,2-3,7-8,11-14H2,1H3,(H,21,23)(H,22,24). The van der Waals surface area contributed by atoms with E-state index in [0.29, 0.717) is 32.3 Å². The first kappa shape index (κ1) is 22.3. The van der Waals surface area contributed by atoms with Gasteiger partial charge in [0.05, 0.1) is 18.8 Å². The molecule has 1 aliphatic heterocycles. The van der Waals surface area contributed by atoms with Crippen LogP contribution in [0.2, 0.25) is 0 Å². The number of carbonyl (C=O) groups is 2. The Morgan fingerprint density at radius 2 is 1.75 bits per heavy atom. The van der Waals surface area contributed by atoms with Gasteiger partial charge in [0.1, 0.15) is 0 Å². The van der Waals surface area contributed by atoms with Crippen molar-refractivity contribution in [1.82, 2.24) is 10.8 Å². The molecule has 1 aromatic carbocycles. The molecule has 2 amide bonds. The highest BCUT2D eigenvalue weighted by atomic mass is 16.7. The Morgan fingerprint density at radius 3 is 2.39 bits per heavy atom. The van der Waals surface area contributed by atoms with E-state index in [2.05, 4.69) is 5.32 Å². The predicted octanol–water partition coefficient (Wildman–Crippen LogP) is 2.43. The third-order valence-corrected chi connectivity index (χ3v) is 4.57. The summed E-state index contributed by atoms with van der Waals surface area (Å²) in [6, 6.07) is 9.85. The smallest absolute Gasteiger partial charge is 0.243 e. The zero-order valence-corrected chi connectivity index (χ0v) is 16.3. The first-order valence-corrected chi connectivity index (χ1v) is 9.69. The van der Waals surface area contributed by atoms with Gasteiger partial charge < -0.3 is 19.5 Å². The van der Waals surface area contributed by atoms with Crippen LogP contribution in [0, 0.1) is 0 Å². The normalized spacial score (nSPS) is 21.9. The van der Waals surface area contributed by atoms with Crippen LogP contribution in [-0.4, -0.2) is 43.3 Å². The lowest BCUT2D eigenvalue weighted by atomic mass is 10.0. The number of unbranched alkanes of at least 4 members (excludes halogenated alkanes) is 3. The Kier molecular flexibility index (Phi) is 9.92. The van der Waals surface area contributed by atoms with Gasteiger partial charge in [-0.3, -0.25) is 14.8 Å². The second kappa shape index (κ2) is 12.5. The van der Waals surface area contributed by atoms with Crippen molar-refractivity contribution in [3.8, 4) is 0 Å². The summed E-state index contributed by atoms with van der Waals surface area (Å²) in [5.41, 5.74) is 2.65. The van der Waals surface area contributed by atoms with Gasteiger partial charge in [-0.2, -0.15) is 0 Å². The maximum Gasteiger partial charge on any atom is 0.243 e. The fourth-order valence-electron chi connectivity index (χ4n) is 3.13. The van der Waals surface area contributed by atoms with Gasteiger partial charge in [-0.15, -0.1) is 0 Å². The molecule has 0 bridgehead atoms. The van der Waals surface area contributed by atoms with Gasteiger partial charge in [0.25, 0.3) is 0 Å². The molecule has 0 saturated carbocycles. The summed E-state index contributed by atoms with van der Waals surface area (Å²) < 4.78 is 16.9. The number of hydrogen-bond acceptors (Lipinski definition) is 6. The lowest BCUT2D eigenvalue weighted by Crippen LogP contribution is -2.46. The summed E-state index contributed by atoms with van der Waals surface area (Å²) in [6.45, 7) is 0.431. The first-order chi connectivity index (χ1) is 13.6. The van der Waals surface area contributed by atoms with E-state index in [0.717, 1.165) is 18.4 Å². The summed E-state index contributed by atoms with van der Waals surface area (Å²) in [5, 5.41) is 11.2. The van der Waals surface area contributed by atoms with Crippen LogP contribution in [0.3, 0.4) is 0 Å². The van der Waals surface area contributed by atoms with E-state index >= 15 is 0 Å². The van der Waals surface area contributed by atoms with Gasteiger partial charge in [0.15, 0.2) is 0 Å². The summed E-state index contributed by atoms with van der Waals surface area (Å²) in [4.78, 5) is 23.1. The Labute approximate surface area is 165 Å². The number of hydroxylamine groups is 1. The molecule has 2 rings (SSSR count). The van der Waals surface area contributed by atoms with Gasteiger partial charge in [-0.1, -0.05) is 43.2 Å². The molecular formula is C20H30N2O6. The molecule has 0 radical (unpaired) electrons. The zero-order valence-electron chi connectivity index (χ0n) is 16.3. The fraction of sp³-hybridized carbons (Fsp3) is 0.600. The minimum atomic E-state index is -0.806. The van der Waals surface area contributed by atoms with E-state index in [4.69, 9.17) is 19.4 Å². The van der Waals surface area contributed by atoms with E-state index in [1.807, 2.05) is 30.3 Å². The van der Waals surface area contributed by atoms with Crippen LogP contribution in [0.1, 0.15) is 56.6 Å². The van der Waals surface area contributed by atoms with Crippen LogP contribution in [0.4, 0.5) is 0 Å². The third kappa shape index (κ3) is 7.93. The molecule has 0 aliphatic carbocycles. The Balaban J connectivity index is 1.74. The monoisotopic (exact) mass is 394 g/mol. The SMILES string of the molecule is COCC1CC(c2ccccc2)OC(NC(=O)CCCCCCC(=O)NO)O1. The van der Waals surface area contributed by atoms with E-state index in [-0.39, 0.29) is 30.4 Å². The minimum Gasteiger partial charge on any atom is -0.382 e. The molecule has 8 nitrogen and oxygen atoms in total. The first-order valence-electron chi connectivity index (χ1n) is 9.69. The molecule has 3 atom stereocenters. The molecule has 1 saturated heterocycles. The molecule has 3 N–H and O–H groups in total. The number of benzene rings is 1. The van der Waals surface area contributed by atoms with Gasteiger partial charge in [-0.25, -0.2) is 5.48 Å². The number of hydrogen-bond donors (Lipinski definition) is 3. The second-order valence-corrected chi connectivity index (χ2v) is 6.83. The van der Waals surface area contributed by atoms with Crippen molar-refractivity contribution in [1.29, 1.82) is 0 Å². The number of methoxy groups -OCH3 is 1. The highest BCUT2D eigenvalue weighted by molar-refractivity contribution is 5.76. The molecule has 8 heteroatoms. The van der Waals surface area contributed by atoms with Gasteiger partial charge in [-0.05, 0) is 18.4 Å². The van der Waals surface area contributed by atoms with Crippen LogP contribution in [0.5, 0.6) is 0 Å². The summed E-state index contributed by atoms with van der Waals surface area (Å²) >= 11 is 0. The van der Waals surface area contributed by atoms with Gasteiger partial charge in [0, 0.05) is 26.4 Å². The van der Waals surface area contributed by atoms with Crippen LogP contribution in [0.15, 0.2) is 30.3 Å². The molecule has 1 heterocycles. The zero-order chi connectivity index (χ0) is 20.2. The second-order valence-electron chi connectivity index (χ2n) is 6.83. The van der Waals surface area contributed by atoms with E-state index in [9.17, 15) is 9.59 Å². The lowest BCUT2D eigenvalue weighted by molar-refractivity contribution is -0.262. The van der Waals surface area contributed by atoms with Crippen molar-refractivity contribution in [3.63, 3.8) is 0 Å². The van der Waals surface area contributed by atoms with Crippen molar-refractivity contribution in [3.05, 3.63) is 35.9 Å². The summed E-state index contributed by atoms with van der Waals surface area (Å²) in [5.74, 6) is -0.522. The topological polar surface area (TPSA) is 106 Å². The van der Waals surface area contributed by atoms with E-state index < -0.39 is 6.41 Å². The number of carbonyl (C=O) groups excluding carboxylic acids is 2. The molecule has 3 unspecified atom stereocenters. The third-order valence-electron chi connectivity index (χ3n) is 4.57. The predicted molar refractivity (Wildman–Crippen MR) is 101 cm³/mol. The average molecular weight is 394 g/mol. The Hall–Kier alpha value is -2.00. The number of rotatable bonds is 11. The lowest BCUT2D eigenvalue weighted by Gasteiger charge is -2.35. The average Bonchev–Trinajstić information content (AvgIpc) is 2.71. The van der Waals surface area contributed by atoms with Crippen molar-refractivity contribution < 1.29 is 29.0 Å². The largest absolute Gasteiger partial charge is 0.382 e. The Bertz CT molecular complexity index is 598. The molecule has 1 fully saturated rings. The maximum absolute atomic E-state index is 12.2. The molecule has 28 heavy (non-hydrogen) atoms. The molecular weight excluding hydrogens is 364 g/mol. The number of ether oxygens (including phenoxy) is 3. The maximum atomic E-state index is 12.2. The van der Waals surface area contributed by atoms with Crippen molar-refractivity contribution in [2.24, 2.45) is 0 Å². The molecule has 0 aromatic heterocycles. The van der Waals surface area contributed by atoms with E-state index in [1.165, 1.54) is 0 Å². The van der Waals surface area contributed by atoms with Crippen LogP contribution in [0.25, 0.3) is 0 Å². The summed E-state index contributed by atoms with van der Waals surface area (Å²) in [6.07, 6.45) is 3.22.